The van der Waals surface area contributed by atoms with E-state index in [-0.39, 0.29) is 12.4 Å². The van der Waals surface area contributed by atoms with Crippen LogP contribution in [-0.2, 0) is 6.54 Å². The van der Waals surface area contributed by atoms with Crippen molar-refractivity contribution in [2.75, 3.05) is 18.1 Å². The number of nitrogens with one attached hydrogen (secondary N) is 1. The zero-order chi connectivity index (χ0) is 15.2. The van der Waals surface area contributed by atoms with Gasteiger partial charge in [0.1, 0.15) is 5.84 Å². The lowest BCUT2D eigenvalue weighted by Gasteiger charge is -2.28. The van der Waals surface area contributed by atoms with E-state index in [1.54, 1.807) is 0 Å². The predicted octanol–water partition coefficient (Wildman–Crippen LogP) is 2.28. The average Bonchev–Trinajstić information content (AvgIpc) is 2.47. The van der Waals surface area contributed by atoms with Crippen molar-refractivity contribution in [1.29, 1.82) is 5.41 Å². The van der Waals surface area contributed by atoms with Crippen LogP contribution in [0, 0.1) is 12.3 Å². The molecule has 0 atom stereocenters. The number of hydrogen-bond donors (Lipinski definition) is 3. The Kier molecular flexibility index (Phi) is 4.95. The van der Waals surface area contributed by atoms with Crippen molar-refractivity contribution < 1.29 is 5.11 Å². The van der Waals surface area contributed by atoms with Gasteiger partial charge in [0.25, 0.3) is 0 Å². The van der Waals surface area contributed by atoms with Gasteiger partial charge in [0.15, 0.2) is 0 Å². The first kappa shape index (κ1) is 15.1. The number of amidine groups is 1. The van der Waals surface area contributed by atoms with Crippen LogP contribution in [0.25, 0.3) is 0 Å². The van der Waals surface area contributed by atoms with Gasteiger partial charge in [-0.2, -0.15) is 0 Å². The summed E-state index contributed by atoms with van der Waals surface area (Å²) in [6, 6.07) is 15.8. The molecule has 4 nitrogen and oxygen atoms in total. The number of anilines is 1. The second-order valence-corrected chi connectivity index (χ2v) is 5.02. The van der Waals surface area contributed by atoms with Crippen molar-refractivity contribution in [2.45, 2.75) is 13.5 Å². The lowest BCUT2D eigenvalue weighted by atomic mass is 10.0. The van der Waals surface area contributed by atoms with Crippen LogP contribution < -0.4 is 10.6 Å². The first-order chi connectivity index (χ1) is 10.1. The van der Waals surface area contributed by atoms with Crippen molar-refractivity contribution in [3.05, 3.63) is 65.2 Å². The minimum absolute atomic E-state index is 0.0460. The summed E-state index contributed by atoms with van der Waals surface area (Å²) in [5.74, 6) is 0.0460. The molecule has 2 rings (SSSR count). The quantitative estimate of drug-likeness (QED) is 0.562. The molecule has 0 aliphatic carbocycles. The molecule has 21 heavy (non-hydrogen) atoms. The molecular formula is C17H21N3O. The smallest absolute Gasteiger partial charge is 0.124 e. The standard InChI is InChI=1S/C17H21N3O/c1-13-6-5-9-15(17(18)19)16(13)20(10-11-21)12-14-7-3-2-4-8-14/h2-9,21H,10-12H2,1H3,(H3,18,19). The summed E-state index contributed by atoms with van der Waals surface area (Å²) in [7, 11) is 0. The fourth-order valence-corrected chi connectivity index (χ4v) is 2.49. The third kappa shape index (κ3) is 3.61. The Morgan fingerprint density at radius 3 is 2.48 bits per heavy atom. The fraction of sp³-hybridized carbons (Fsp3) is 0.235. The van der Waals surface area contributed by atoms with Gasteiger partial charge in [-0.15, -0.1) is 0 Å². The number of aliphatic hydroxyl groups excluding tert-OH is 1. The number of nitrogens with two attached hydrogens (primary N) is 1. The topological polar surface area (TPSA) is 73.3 Å². The lowest BCUT2D eigenvalue weighted by Crippen LogP contribution is -2.29. The summed E-state index contributed by atoms with van der Waals surface area (Å²) in [6.45, 7) is 3.22. The minimum atomic E-state index is 0.0460. The van der Waals surface area contributed by atoms with E-state index in [0.717, 1.165) is 16.8 Å². The number of benzene rings is 2. The summed E-state index contributed by atoms with van der Waals surface area (Å²) in [5.41, 5.74) is 9.54. The van der Waals surface area contributed by atoms with Crippen molar-refractivity contribution in [3.8, 4) is 0 Å². The molecule has 0 bridgehead atoms. The van der Waals surface area contributed by atoms with E-state index in [1.807, 2.05) is 43.3 Å². The van der Waals surface area contributed by atoms with Gasteiger partial charge in [0, 0.05) is 18.7 Å². The molecule has 0 spiro atoms. The number of aliphatic hydroxyl groups is 1. The van der Waals surface area contributed by atoms with Crippen LogP contribution in [0.4, 0.5) is 5.69 Å². The lowest BCUT2D eigenvalue weighted by molar-refractivity contribution is 0.301. The van der Waals surface area contributed by atoms with Crippen LogP contribution in [0.5, 0.6) is 0 Å². The van der Waals surface area contributed by atoms with Crippen molar-refractivity contribution in [2.24, 2.45) is 5.73 Å². The van der Waals surface area contributed by atoms with Crippen LogP contribution in [0.1, 0.15) is 16.7 Å². The summed E-state index contributed by atoms with van der Waals surface area (Å²) >= 11 is 0. The van der Waals surface area contributed by atoms with E-state index in [4.69, 9.17) is 11.1 Å². The first-order valence-electron chi connectivity index (χ1n) is 6.97. The Morgan fingerprint density at radius 1 is 1.14 bits per heavy atom. The molecular weight excluding hydrogens is 262 g/mol. The Labute approximate surface area is 125 Å². The maximum absolute atomic E-state index is 9.37. The van der Waals surface area contributed by atoms with Gasteiger partial charge in [-0.3, -0.25) is 5.41 Å². The van der Waals surface area contributed by atoms with Gasteiger partial charge < -0.3 is 15.7 Å². The summed E-state index contributed by atoms with van der Waals surface area (Å²) < 4.78 is 0. The molecule has 2 aromatic carbocycles. The SMILES string of the molecule is Cc1cccc(C(=N)N)c1N(CCO)Cc1ccccc1. The Bertz CT molecular complexity index is 611. The average molecular weight is 283 g/mol. The highest BCUT2D eigenvalue weighted by molar-refractivity contribution is 6.01. The number of nitrogens with zero attached hydrogens (tertiary/aromatic N) is 1. The van der Waals surface area contributed by atoms with Crippen LogP contribution in [0.3, 0.4) is 0 Å². The number of rotatable bonds is 6. The highest BCUT2D eigenvalue weighted by Crippen LogP contribution is 2.26. The van der Waals surface area contributed by atoms with Crippen molar-refractivity contribution in [3.63, 3.8) is 0 Å². The highest BCUT2D eigenvalue weighted by Gasteiger charge is 2.15. The Hall–Kier alpha value is -2.33. The molecule has 0 aromatic heterocycles. The van der Waals surface area contributed by atoms with Crippen LogP contribution in [-0.4, -0.2) is 24.1 Å². The molecule has 0 saturated heterocycles. The highest BCUT2D eigenvalue weighted by atomic mass is 16.3. The first-order valence-corrected chi connectivity index (χ1v) is 6.97. The van der Waals surface area contributed by atoms with Crippen molar-refractivity contribution >= 4 is 11.5 Å². The molecule has 2 aromatic rings. The van der Waals surface area contributed by atoms with E-state index < -0.39 is 0 Å². The molecule has 110 valence electrons. The molecule has 0 unspecified atom stereocenters. The molecule has 0 heterocycles. The van der Waals surface area contributed by atoms with E-state index in [1.165, 1.54) is 0 Å². The maximum Gasteiger partial charge on any atom is 0.124 e. The number of aryl methyl sites for hydroxylation is 1. The monoisotopic (exact) mass is 283 g/mol. The predicted molar refractivity (Wildman–Crippen MR) is 86.8 cm³/mol. The van der Waals surface area contributed by atoms with E-state index in [0.29, 0.717) is 18.7 Å². The molecule has 4 heteroatoms. The second-order valence-electron chi connectivity index (χ2n) is 5.02. The van der Waals surface area contributed by atoms with Gasteiger partial charge in [-0.05, 0) is 24.1 Å². The normalized spacial score (nSPS) is 10.4. The molecule has 0 amide bonds. The van der Waals surface area contributed by atoms with Crippen LogP contribution >= 0.6 is 0 Å². The third-order valence-electron chi connectivity index (χ3n) is 3.43. The summed E-state index contributed by atoms with van der Waals surface area (Å²) in [4.78, 5) is 2.07. The van der Waals surface area contributed by atoms with Gasteiger partial charge in [0.05, 0.1) is 12.3 Å². The Balaban J connectivity index is 2.41. The maximum atomic E-state index is 9.37. The minimum Gasteiger partial charge on any atom is -0.395 e. The van der Waals surface area contributed by atoms with E-state index in [9.17, 15) is 5.11 Å². The summed E-state index contributed by atoms with van der Waals surface area (Å²) in [6.07, 6.45) is 0. The zero-order valence-corrected chi connectivity index (χ0v) is 12.2. The zero-order valence-electron chi connectivity index (χ0n) is 12.2. The molecule has 0 radical (unpaired) electrons. The third-order valence-corrected chi connectivity index (χ3v) is 3.43. The fourth-order valence-electron chi connectivity index (χ4n) is 2.49. The van der Waals surface area contributed by atoms with E-state index in [2.05, 4.69) is 17.0 Å². The number of hydrogen-bond acceptors (Lipinski definition) is 3. The molecule has 0 saturated carbocycles. The number of para-hydroxylation sites is 1. The molecule has 4 N–H and O–H groups in total. The van der Waals surface area contributed by atoms with E-state index >= 15 is 0 Å². The summed E-state index contributed by atoms with van der Waals surface area (Å²) in [5, 5.41) is 17.1. The molecule has 0 fully saturated rings. The van der Waals surface area contributed by atoms with Gasteiger partial charge in [-0.25, -0.2) is 0 Å². The largest absolute Gasteiger partial charge is 0.395 e. The van der Waals surface area contributed by atoms with Gasteiger partial charge >= 0.3 is 0 Å². The van der Waals surface area contributed by atoms with Crippen LogP contribution in [0.15, 0.2) is 48.5 Å². The molecule has 0 aliphatic heterocycles. The van der Waals surface area contributed by atoms with Crippen LogP contribution in [0.2, 0.25) is 0 Å². The Morgan fingerprint density at radius 2 is 1.86 bits per heavy atom. The van der Waals surface area contributed by atoms with Gasteiger partial charge in [0.2, 0.25) is 0 Å². The van der Waals surface area contributed by atoms with Gasteiger partial charge in [-0.1, -0.05) is 42.5 Å². The number of nitrogen functional groups attached to an aromatic ring is 1. The van der Waals surface area contributed by atoms with Crippen molar-refractivity contribution in [1.82, 2.24) is 0 Å². The second kappa shape index (κ2) is 6.90. The molecule has 0 aliphatic rings.